The lowest BCUT2D eigenvalue weighted by Crippen LogP contribution is -2.67. The van der Waals surface area contributed by atoms with Crippen molar-refractivity contribution < 1.29 is 14.3 Å². The Kier molecular flexibility index (Phi) is 5.72. The number of aliphatic hydroxyl groups excluding tert-OH is 1. The Labute approximate surface area is 158 Å². The first-order chi connectivity index (χ1) is 13.1. The predicted molar refractivity (Wildman–Crippen MR) is 100 cm³/mol. The van der Waals surface area contributed by atoms with Crippen LogP contribution in [0.4, 0.5) is 9.18 Å². The van der Waals surface area contributed by atoms with Crippen molar-refractivity contribution in [2.24, 2.45) is 0 Å². The Morgan fingerprint density at radius 3 is 2.56 bits per heavy atom. The average molecular weight is 367 g/mol. The average Bonchev–Trinajstić information content (AvgIpc) is 2.67. The fraction of sp³-hybridized carbons (Fsp3) is 0.333. The van der Waals surface area contributed by atoms with Gasteiger partial charge in [0.25, 0.3) is 0 Å². The van der Waals surface area contributed by atoms with Crippen LogP contribution in [0.3, 0.4) is 0 Å². The number of rotatable bonds is 5. The molecule has 140 valence electrons. The van der Waals surface area contributed by atoms with Gasteiger partial charge < -0.3 is 15.3 Å². The smallest absolute Gasteiger partial charge is 0.318 e. The molecule has 2 aromatic rings. The second-order valence-corrected chi connectivity index (χ2v) is 6.59. The number of benzene rings is 2. The minimum atomic E-state index is -0.640. The predicted octanol–water partition coefficient (Wildman–Crippen LogP) is 3.26. The molecule has 1 saturated heterocycles. The van der Waals surface area contributed by atoms with Gasteiger partial charge in [0.2, 0.25) is 0 Å². The van der Waals surface area contributed by atoms with Crippen LogP contribution in [0.15, 0.2) is 48.5 Å². The Balaban J connectivity index is 1.82. The molecule has 0 radical (unpaired) electrons. The zero-order valence-corrected chi connectivity index (χ0v) is 15.1. The summed E-state index contributed by atoms with van der Waals surface area (Å²) >= 11 is 0. The van der Waals surface area contributed by atoms with Gasteiger partial charge in [-0.2, -0.15) is 5.26 Å². The summed E-state index contributed by atoms with van der Waals surface area (Å²) in [7, 11) is 0. The molecule has 2 amide bonds. The summed E-state index contributed by atoms with van der Waals surface area (Å²) < 4.78 is 14.0. The molecule has 2 aromatic carbocycles. The summed E-state index contributed by atoms with van der Waals surface area (Å²) in [4.78, 5) is 13.7. The maximum absolute atomic E-state index is 14.0. The van der Waals surface area contributed by atoms with Crippen molar-refractivity contribution in [3.05, 3.63) is 59.9 Å². The summed E-state index contributed by atoms with van der Waals surface area (Å²) in [5.74, 6) is -0.571. The van der Waals surface area contributed by atoms with Gasteiger partial charge in [0.1, 0.15) is 11.9 Å². The second kappa shape index (κ2) is 8.19. The molecule has 1 heterocycles. The van der Waals surface area contributed by atoms with Gasteiger partial charge in [-0.3, -0.25) is 0 Å². The SMILES string of the molecule is CCCNC(=O)N1[C@H](C#N)[C@H](c2ccc(-c3ccccc3F)cc2)[C@H]1CO. The molecule has 1 fully saturated rings. The number of carbonyl (C=O) groups excluding carboxylic acids is 1. The van der Waals surface area contributed by atoms with Gasteiger partial charge in [-0.25, -0.2) is 9.18 Å². The van der Waals surface area contributed by atoms with Crippen molar-refractivity contribution in [3.63, 3.8) is 0 Å². The van der Waals surface area contributed by atoms with Crippen LogP contribution >= 0.6 is 0 Å². The molecule has 27 heavy (non-hydrogen) atoms. The van der Waals surface area contributed by atoms with Crippen molar-refractivity contribution in [1.82, 2.24) is 10.2 Å². The molecule has 3 atom stereocenters. The van der Waals surface area contributed by atoms with Crippen molar-refractivity contribution in [3.8, 4) is 17.2 Å². The van der Waals surface area contributed by atoms with E-state index in [1.54, 1.807) is 30.3 Å². The highest BCUT2D eigenvalue weighted by Gasteiger charge is 2.51. The molecule has 5 nitrogen and oxygen atoms in total. The highest BCUT2D eigenvalue weighted by atomic mass is 19.1. The molecule has 0 aliphatic carbocycles. The summed E-state index contributed by atoms with van der Waals surface area (Å²) in [6.07, 6.45) is 0.793. The zero-order valence-electron chi connectivity index (χ0n) is 15.1. The standard InChI is InChI=1S/C21H22FN3O2/c1-2-11-24-21(27)25-18(12-23)20(19(25)13-26)15-9-7-14(8-10-15)16-5-3-4-6-17(16)22/h3-10,18-20,26H,2,11,13H2,1H3,(H,24,27)/t18-,19-,20+/m1/s1. The lowest BCUT2D eigenvalue weighted by atomic mass is 9.76. The summed E-state index contributed by atoms with van der Waals surface area (Å²) in [5, 5.41) is 22.1. The van der Waals surface area contributed by atoms with E-state index in [-0.39, 0.29) is 24.4 Å². The minimum Gasteiger partial charge on any atom is -0.394 e. The molecule has 0 aromatic heterocycles. The maximum Gasteiger partial charge on any atom is 0.318 e. The number of halogens is 1. The van der Waals surface area contributed by atoms with Gasteiger partial charge >= 0.3 is 6.03 Å². The second-order valence-electron chi connectivity index (χ2n) is 6.59. The number of likely N-dealkylation sites (tertiary alicyclic amines) is 1. The van der Waals surface area contributed by atoms with Crippen molar-refractivity contribution in [2.75, 3.05) is 13.2 Å². The van der Waals surface area contributed by atoms with Gasteiger partial charge in [-0.1, -0.05) is 49.4 Å². The fourth-order valence-corrected chi connectivity index (χ4v) is 3.59. The quantitative estimate of drug-likeness (QED) is 0.852. The number of nitriles is 1. The number of hydrogen-bond donors (Lipinski definition) is 2. The topological polar surface area (TPSA) is 76.4 Å². The number of hydrogen-bond acceptors (Lipinski definition) is 3. The number of urea groups is 1. The maximum atomic E-state index is 14.0. The number of carbonyl (C=O) groups is 1. The molecule has 1 aliphatic rings. The number of aliphatic hydroxyl groups is 1. The van der Waals surface area contributed by atoms with Gasteiger partial charge in [0, 0.05) is 18.0 Å². The van der Waals surface area contributed by atoms with Crippen molar-refractivity contribution in [2.45, 2.75) is 31.3 Å². The molecule has 3 rings (SSSR count). The van der Waals surface area contributed by atoms with E-state index >= 15 is 0 Å². The van der Waals surface area contributed by atoms with Crippen LogP contribution in [-0.2, 0) is 0 Å². The van der Waals surface area contributed by atoms with E-state index in [2.05, 4.69) is 11.4 Å². The Morgan fingerprint density at radius 1 is 1.26 bits per heavy atom. The molecule has 0 bridgehead atoms. The van der Waals surface area contributed by atoms with Crippen LogP contribution in [0, 0.1) is 17.1 Å². The largest absolute Gasteiger partial charge is 0.394 e. The number of nitrogens with one attached hydrogen (secondary N) is 1. The molecule has 2 N–H and O–H groups in total. The number of amides is 2. The Bertz CT molecular complexity index is 847. The van der Waals surface area contributed by atoms with E-state index in [0.717, 1.165) is 17.5 Å². The lowest BCUT2D eigenvalue weighted by molar-refractivity contribution is 0.0169. The third kappa shape index (κ3) is 3.51. The minimum absolute atomic E-state index is 0.225. The molecule has 0 unspecified atom stereocenters. The first-order valence-electron chi connectivity index (χ1n) is 9.03. The van der Waals surface area contributed by atoms with Crippen LogP contribution < -0.4 is 5.32 Å². The number of nitrogens with zero attached hydrogens (tertiary/aromatic N) is 2. The molecule has 6 heteroatoms. The van der Waals surface area contributed by atoms with Crippen molar-refractivity contribution >= 4 is 6.03 Å². The van der Waals surface area contributed by atoms with Crippen molar-refractivity contribution in [1.29, 1.82) is 5.26 Å². The monoisotopic (exact) mass is 367 g/mol. The molecular formula is C21H22FN3O2. The molecular weight excluding hydrogens is 345 g/mol. The molecule has 1 aliphatic heterocycles. The van der Waals surface area contributed by atoms with Crippen LogP contribution in [-0.4, -0.2) is 41.3 Å². The van der Waals surface area contributed by atoms with Gasteiger partial charge in [-0.15, -0.1) is 0 Å². The lowest BCUT2D eigenvalue weighted by Gasteiger charge is -2.51. The van der Waals surface area contributed by atoms with E-state index in [4.69, 9.17) is 0 Å². The van der Waals surface area contributed by atoms with Gasteiger partial charge in [-0.05, 0) is 23.6 Å². The van der Waals surface area contributed by atoms with E-state index in [1.807, 2.05) is 19.1 Å². The first kappa shape index (κ1) is 18.9. The first-order valence-corrected chi connectivity index (χ1v) is 9.03. The van der Waals surface area contributed by atoms with Crippen LogP contribution in [0.5, 0.6) is 0 Å². The summed E-state index contributed by atoms with van der Waals surface area (Å²) in [6.45, 7) is 2.24. The third-order valence-electron chi connectivity index (χ3n) is 4.97. The zero-order chi connectivity index (χ0) is 19.4. The van der Waals surface area contributed by atoms with Gasteiger partial charge in [0.15, 0.2) is 0 Å². The van der Waals surface area contributed by atoms with Crippen LogP contribution in [0.2, 0.25) is 0 Å². The molecule has 0 spiro atoms. The van der Waals surface area contributed by atoms with E-state index in [9.17, 15) is 19.6 Å². The highest BCUT2D eigenvalue weighted by Crippen LogP contribution is 2.41. The third-order valence-corrected chi connectivity index (χ3v) is 4.97. The summed E-state index contributed by atoms with van der Waals surface area (Å²) in [5.41, 5.74) is 2.09. The van der Waals surface area contributed by atoms with E-state index in [0.29, 0.717) is 12.1 Å². The fourth-order valence-electron chi connectivity index (χ4n) is 3.59. The van der Waals surface area contributed by atoms with Crippen LogP contribution in [0.25, 0.3) is 11.1 Å². The highest BCUT2D eigenvalue weighted by molar-refractivity contribution is 5.77. The molecule has 0 saturated carbocycles. The Morgan fingerprint density at radius 2 is 1.96 bits per heavy atom. The van der Waals surface area contributed by atoms with Gasteiger partial charge in [0.05, 0.1) is 18.7 Å². The van der Waals surface area contributed by atoms with E-state index < -0.39 is 12.1 Å². The van der Waals surface area contributed by atoms with E-state index in [1.165, 1.54) is 11.0 Å². The summed E-state index contributed by atoms with van der Waals surface area (Å²) in [6, 6.07) is 14.6. The van der Waals surface area contributed by atoms with Crippen LogP contribution in [0.1, 0.15) is 24.8 Å². The Hall–Kier alpha value is -2.91. The normalized spacial score (nSPS) is 21.3.